The molecule has 1 N–H and O–H groups in total. The van der Waals surface area contributed by atoms with Gasteiger partial charge in [-0.15, -0.1) is 0 Å². The number of aryl methyl sites for hydroxylation is 1. The molecule has 0 spiro atoms. The van der Waals surface area contributed by atoms with Gasteiger partial charge < -0.3 is 19.5 Å². The molecule has 1 saturated heterocycles. The van der Waals surface area contributed by atoms with Gasteiger partial charge in [0.25, 0.3) is 5.91 Å². The second-order valence-electron chi connectivity index (χ2n) is 8.88. The molecule has 10 heteroatoms. The first-order valence-corrected chi connectivity index (χ1v) is 13.5. The van der Waals surface area contributed by atoms with E-state index in [0.717, 1.165) is 37.6 Å². The van der Waals surface area contributed by atoms with Gasteiger partial charge in [-0.3, -0.25) is 14.4 Å². The average molecular weight is 570 g/mol. The van der Waals surface area contributed by atoms with Crippen LogP contribution in [0.4, 0.5) is 0 Å². The minimum absolute atomic E-state index is 0.105. The summed E-state index contributed by atoms with van der Waals surface area (Å²) < 4.78 is 16.3. The number of nitrogens with one attached hydrogen (secondary N) is 1. The van der Waals surface area contributed by atoms with Crippen molar-refractivity contribution >= 4 is 35.1 Å². The summed E-state index contributed by atoms with van der Waals surface area (Å²) in [7, 11) is 1.54. The van der Waals surface area contributed by atoms with Gasteiger partial charge in [-0.1, -0.05) is 54.2 Å². The van der Waals surface area contributed by atoms with Crippen molar-refractivity contribution in [3.05, 3.63) is 57.6 Å². The normalized spacial score (nSPS) is 14.8. The second-order valence-corrected chi connectivity index (χ2v) is 9.73. The number of benzene rings is 2. The first-order valence-electron chi connectivity index (χ1n) is 12.8. The highest BCUT2D eigenvalue weighted by atomic mass is 35.5. The molecule has 2 aromatic carbocycles. The zero-order valence-corrected chi connectivity index (χ0v) is 24.1. The molecule has 0 radical (unpaired) electrons. The Morgan fingerprint density at radius 3 is 2.42 bits per heavy atom. The van der Waals surface area contributed by atoms with Crippen molar-refractivity contribution in [2.24, 2.45) is 5.92 Å². The maximum Gasteiger partial charge on any atom is 0.302 e. The lowest BCUT2D eigenvalue weighted by molar-refractivity contribution is -0.141. The zero-order valence-electron chi connectivity index (χ0n) is 22.6. The molecule has 1 aliphatic heterocycles. The number of hydroxylamine groups is 2. The molecule has 1 amide bonds. The molecule has 8 nitrogen and oxygen atoms in total. The third-order valence-electron chi connectivity index (χ3n) is 5.62. The van der Waals surface area contributed by atoms with Crippen molar-refractivity contribution in [1.29, 1.82) is 0 Å². The van der Waals surface area contributed by atoms with Crippen molar-refractivity contribution in [1.82, 2.24) is 10.4 Å². The van der Waals surface area contributed by atoms with Gasteiger partial charge in [0.15, 0.2) is 0 Å². The number of amides is 1. The highest BCUT2D eigenvalue weighted by Gasteiger charge is 2.22. The molecule has 1 atom stereocenters. The topological polar surface area (TPSA) is 86.3 Å². The molecule has 1 unspecified atom stereocenters. The summed E-state index contributed by atoms with van der Waals surface area (Å²) in [4.78, 5) is 28.7. The van der Waals surface area contributed by atoms with E-state index in [0.29, 0.717) is 29.6 Å². The fourth-order valence-corrected chi connectivity index (χ4v) is 4.06. The minimum atomic E-state index is -0.383. The third kappa shape index (κ3) is 11.5. The summed E-state index contributed by atoms with van der Waals surface area (Å²) in [5.41, 5.74) is 1.57. The SMILES string of the molecule is CCCC1CON(CCCOc2cc(OCCOC(C)=O)c(Cl)cc2C(=O)NC)C1.Cc1ccc(Cl)cc1. The van der Waals surface area contributed by atoms with Gasteiger partial charge in [0.1, 0.15) is 24.7 Å². The second kappa shape index (κ2) is 17.1. The number of halogens is 2. The average Bonchev–Trinajstić information content (AvgIpc) is 3.34. The molecule has 0 bridgehead atoms. The highest BCUT2D eigenvalue weighted by molar-refractivity contribution is 6.32. The summed E-state index contributed by atoms with van der Waals surface area (Å²) >= 11 is 11.9. The lowest BCUT2D eigenvalue weighted by atomic mass is 10.1. The summed E-state index contributed by atoms with van der Waals surface area (Å²) in [5, 5.41) is 5.64. The van der Waals surface area contributed by atoms with Gasteiger partial charge in [0.05, 0.1) is 23.8 Å². The van der Waals surface area contributed by atoms with Crippen LogP contribution in [0.3, 0.4) is 0 Å². The van der Waals surface area contributed by atoms with Crippen molar-refractivity contribution in [2.45, 2.75) is 40.0 Å². The molecule has 0 aromatic heterocycles. The van der Waals surface area contributed by atoms with Crippen LogP contribution in [0.25, 0.3) is 0 Å². The van der Waals surface area contributed by atoms with Gasteiger partial charge in [0, 0.05) is 38.1 Å². The van der Waals surface area contributed by atoms with E-state index >= 15 is 0 Å². The number of rotatable bonds is 12. The van der Waals surface area contributed by atoms with E-state index in [1.54, 1.807) is 13.1 Å². The number of hydrogen-bond donors (Lipinski definition) is 1. The Hall–Kier alpha value is -2.52. The first kappa shape index (κ1) is 31.7. The number of carbonyl (C=O) groups excluding carboxylic acids is 2. The maximum absolute atomic E-state index is 12.2. The van der Waals surface area contributed by atoms with E-state index < -0.39 is 0 Å². The Balaban J connectivity index is 0.000000538. The van der Waals surface area contributed by atoms with Crippen LogP contribution in [-0.2, 0) is 14.4 Å². The van der Waals surface area contributed by atoms with Gasteiger partial charge >= 0.3 is 5.97 Å². The predicted molar refractivity (Wildman–Crippen MR) is 149 cm³/mol. The van der Waals surface area contributed by atoms with Gasteiger partial charge in [0.2, 0.25) is 0 Å². The van der Waals surface area contributed by atoms with Gasteiger partial charge in [-0.05, 0) is 43.9 Å². The molecule has 1 fully saturated rings. The number of nitrogens with zero attached hydrogens (tertiary/aromatic N) is 1. The molecule has 1 heterocycles. The van der Waals surface area contributed by atoms with Gasteiger partial charge in [-0.25, -0.2) is 0 Å². The summed E-state index contributed by atoms with van der Waals surface area (Å²) in [6, 6.07) is 10.8. The lowest BCUT2D eigenvalue weighted by Gasteiger charge is -2.16. The Morgan fingerprint density at radius 2 is 1.79 bits per heavy atom. The van der Waals surface area contributed by atoms with E-state index in [-0.39, 0.29) is 30.1 Å². The van der Waals surface area contributed by atoms with Crippen LogP contribution < -0.4 is 14.8 Å². The summed E-state index contributed by atoms with van der Waals surface area (Å²) in [6.07, 6.45) is 3.08. The minimum Gasteiger partial charge on any atom is -0.493 e. The fraction of sp³-hybridized carbons (Fsp3) is 0.500. The molecule has 0 saturated carbocycles. The molecule has 3 rings (SSSR count). The molecular weight excluding hydrogens is 531 g/mol. The zero-order chi connectivity index (χ0) is 27.9. The largest absolute Gasteiger partial charge is 0.493 e. The van der Waals surface area contributed by atoms with Crippen molar-refractivity contribution < 1.29 is 28.6 Å². The summed E-state index contributed by atoms with van der Waals surface area (Å²) in [6.45, 7) is 8.69. The third-order valence-corrected chi connectivity index (χ3v) is 6.17. The number of esters is 1. The number of ether oxygens (including phenoxy) is 3. The first-order chi connectivity index (χ1) is 18.2. The van der Waals surface area contributed by atoms with Crippen LogP contribution in [0, 0.1) is 12.8 Å². The van der Waals surface area contributed by atoms with Crippen LogP contribution in [0.15, 0.2) is 36.4 Å². The Labute approximate surface area is 235 Å². The van der Waals surface area contributed by atoms with Crippen LogP contribution in [0.1, 0.15) is 49.0 Å². The van der Waals surface area contributed by atoms with E-state index in [1.165, 1.54) is 25.0 Å². The fourth-order valence-electron chi connectivity index (χ4n) is 3.71. The lowest BCUT2D eigenvalue weighted by Crippen LogP contribution is -2.23. The van der Waals surface area contributed by atoms with Crippen LogP contribution in [0.5, 0.6) is 11.5 Å². The molecule has 2 aromatic rings. The predicted octanol–water partition coefficient (Wildman–Crippen LogP) is 5.72. The number of carbonyl (C=O) groups is 2. The van der Waals surface area contributed by atoms with Crippen LogP contribution in [0.2, 0.25) is 10.0 Å². The summed E-state index contributed by atoms with van der Waals surface area (Å²) in [5.74, 6) is 0.651. The quantitative estimate of drug-likeness (QED) is 0.258. The standard InChI is InChI=1S/C21H31ClN2O6.C7H7Cl/c1-4-6-16-13-24(30-14-16)7-5-8-28-19-12-20(29-10-9-27-15(2)25)18(22)11-17(19)21(26)23-3;1-6-2-4-7(8)5-3-6/h11-12,16H,4-10,13-14H2,1-3H3,(H,23,26);2-5H,1H3. The van der Waals surface area contributed by atoms with Crippen molar-refractivity contribution in [3.63, 3.8) is 0 Å². The van der Waals surface area contributed by atoms with E-state index in [9.17, 15) is 9.59 Å². The smallest absolute Gasteiger partial charge is 0.302 e. The molecule has 210 valence electrons. The highest BCUT2D eigenvalue weighted by Crippen LogP contribution is 2.33. The van der Waals surface area contributed by atoms with Crippen molar-refractivity contribution in [2.75, 3.05) is 46.6 Å². The van der Waals surface area contributed by atoms with E-state index in [4.69, 9.17) is 42.3 Å². The van der Waals surface area contributed by atoms with Gasteiger partial charge in [-0.2, -0.15) is 5.06 Å². The Bertz CT molecular complexity index is 998. The Morgan fingerprint density at radius 1 is 1.08 bits per heavy atom. The van der Waals surface area contributed by atoms with Crippen LogP contribution in [-0.4, -0.2) is 63.5 Å². The molecule has 0 aliphatic carbocycles. The van der Waals surface area contributed by atoms with Crippen LogP contribution >= 0.6 is 23.2 Å². The van der Waals surface area contributed by atoms with Crippen molar-refractivity contribution in [3.8, 4) is 11.5 Å². The Kier molecular flexibility index (Phi) is 14.3. The molecule has 1 aliphatic rings. The number of hydrogen-bond acceptors (Lipinski definition) is 7. The maximum atomic E-state index is 12.2. The van der Waals surface area contributed by atoms with E-state index in [1.807, 2.05) is 36.3 Å². The molecular formula is C28H38Cl2N2O6. The van der Waals surface area contributed by atoms with E-state index in [2.05, 4.69) is 12.2 Å². The monoisotopic (exact) mass is 568 g/mol. The molecule has 38 heavy (non-hydrogen) atoms.